The molecule has 1 N–H and O–H groups in total. The van der Waals surface area contributed by atoms with Gasteiger partial charge in [0.15, 0.2) is 0 Å². The highest BCUT2D eigenvalue weighted by molar-refractivity contribution is 5.89. The maximum atomic E-state index is 15.0. The number of aromatic nitrogens is 6. The van der Waals surface area contributed by atoms with Gasteiger partial charge in [0.05, 0.1) is 39.3 Å². The minimum atomic E-state index is -4.46. The Morgan fingerprint density at radius 3 is 2.81 bits per heavy atom. The van der Waals surface area contributed by atoms with Gasteiger partial charge < -0.3 is 14.8 Å². The number of hydrogen-bond donors (Lipinski definition) is 1. The van der Waals surface area contributed by atoms with Gasteiger partial charge in [-0.1, -0.05) is 11.3 Å². The van der Waals surface area contributed by atoms with Crippen LogP contribution in [0.4, 0.5) is 23.5 Å². The van der Waals surface area contributed by atoms with E-state index in [0.29, 0.717) is 48.3 Å². The molecule has 2 saturated heterocycles. The van der Waals surface area contributed by atoms with E-state index in [2.05, 4.69) is 30.6 Å². The number of fused-ring (bicyclic) bond motifs is 2. The molecule has 0 radical (unpaired) electrons. The minimum Gasteiger partial charge on any atom is -0.479 e. The van der Waals surface area contributed by atoms with E-state index >= 15 is 0 Å². The van der Waals surface area contributed by atoms with E-state index in [1.54, 1.807) is 12.1 Å². The summed E-state index contributed by atoms with van der Waals surface area (Å²) in [5.41, 5.74) is 1.85. The minimum absolute atomic E-state index is 0.00243. The average Bonchev–Trinajstić information content (AvgIpc) is 3.38. The zero-order valence-electron chi connectivity index (χ0n) is 20.7. The Balaban J connectivity index is 1.32. The molecule has 0 bridgehead atoms. The van der Waals surface area contributed by atoms with Crippen molar-refractivity contribution in [3.8, 4) is 17.0 Å². The molecule has 2 atom stereocenters. The zero-order chi connectivity index (χ0) is 26.6. The van der Waals surface area contributed by atoms with Crippen LogP contribution in [0.25, 0.3) is 27.7 Å². The normalized spacial score (nSPS) is 21.8. The Bertz CT molecular complexity index is 1490. The molecule has 10 nitrogen and oxygen atoms in total. The van der Waals surface area contributed by atoms with E-state index in [1.807, 2.05) is 0 Å². The summed E-state index contributed by atoms with van der Waals surface area (Å²) < 4.78 is 75.3. The van der Waals surface area contributed by atoms with Crippen LogP contribution in [-0.4, -0.2) is 92.3 Å². The Morgan fingerprint density at radius 1 is 1.27 bits per heavy atom. The Morgan fingerprint density at radius 2 is 2.11 bits per heavy atom. The molecule has 6 rings (SSSR count). The molecule has 3 aromatic heterocycles. The summed E-state index contributed by atoms with van der Waals surface area (Å²) in [5, 5.41) is 14.9. The maximum absolute atomic E-state index is 15.0. The van der Waals surface area contributed by atoms with Crippen LogP contribution in [0.15, 0.2) is 30.4 Å². The lowest BCUT2D eigenvalue weighted by molar-refractivity contribution is -0.142. The highest BCUT2D eigenvalue weighted by atomic mass is 19.4. The molecule has 2 aliphatic heterocycles. The Kier molecular flexibility index (Phi) is 5.57. The van der Waals surface area contributed by atoms with Gasteiger partial charge in [-0.3, -0.25) is 4.90 Å². The Labute approximate surface area is 209 Å². The predicted octanol–water partition coefficient (Wildman–Crippen LogP) is 2.94. The van der Waals surface area contributed by atoms with E-state index in [1.165, 1.54) is 23.8 Å². The molecule has 14 heteroatoms. The van der Waals surface area contributed by atoms with Crippen molar-refractivity contribution in [2.45, 2.75) is 37.4 Å². The molecular weight excluding hydrogens is 496 g/mol. The van der Waals surface area contributed by atoms with E-state index in [9.17, 15) is 17.6 Å². The van der Waals surface area contributed by atoms with Crippen LogP contribution in [0, 0.1) is 0 Å². The van der Waals surface area contributed by atoms with Crippen molar-refractivity contribution < 1.29 is 28.4 Å². The number of piperidine rings is 1. The summed E-state index contributed by atoms with van der Waals surface area (Å²) in [6.45, 7) is 0.962. The number of nitrogens with zero attached hydrogens (tertiary/aromatic N) is 7. The molecule has 4 aromatic rings. The smallest absolute Gasteiger partial charge is 0.408 e. The van der Waals surface area contributed by atoms with Gasteiger partial charge in [-0.25, -0.2) is 13.6 Å². The summed E-state index contributed by atoms with van der Waals surface area (Å²) in [4.78, 5) is 6.51. The third-order valence-electron chi connectivity index (χ3n) is 6.77. The third kappa shape index (κ3) is 4.55. The number of hydrogen-bond acceptors (Lipinski definition) is 8. The van der Waals surface area contributed by atoms with Crippen molar-refractivity contribution in [3.63, 3.8) is 0 Å². The van der Waals surface area contributed by atoms with Crippen molar-refractivity contribution in [2.75, 3.05) is 38.7 Å². The number of ether oxygens (including phenoxy) is 2. The van der Waals surface area contributed by atoms with E-state index in [0.717, 1.165) is 4.68 Å². The average molecular weight is 521 g/mol. The lowest BCUT2D eigenvalue weighted by Gasteiger charge is -2.42. The standard InChI is InChI=1S/C23H24F4N8O2/c1-36-21-20-15(13-2-3-18-19(8-13)35(32-30-18)12-23(25,26)27)4-7-34(20)31-22(29-21)28-17-5-6-33(9-16(17)24)14-10-37-11-14/h2-4,7-8,14,16-17H,5-6,9-12H2,1H3,(H,28,31)/t16-,17-/m1/s1/i7D. The van der Waals surface area contributed by atoms with Crippen LogP contribution in [-0.2, 0) is 11.3 Å². The van der Waals surface area contributed by atoms with E-state index in [4.69, 9.17) is 10.8 Å². The summed E-state index contributed by atoms with van der Waals surface area (Å²) in [6, 6.07) is 6.02. The molecule has 196 valence electrons. The van der Waals surface area contributed by atoms with Crippen LogP contribution in [0.5, 0.6) is 5.88 Å². The van der Waals surface area contributed by atoms with E-state index in [-0.39, 0.29) is 36.1 Å². The molecular formula is C23H24F4N8O2. The van der Waals surface area contributed by atoms with Gasteiger partial charge in [0, 0.05) is 24.8 Å². The molecule has 0 aliphatic carbocycles. The number of halogens is 4. The number of rotatable bonds is 6. The SMILES string of the molecule is [2H]c1cc(-c2ccc3nnn(CC(F)(F)F)c3c2)c2c(OC)nc(N[C@@H]3CCN(C4COC4)C[C@H]3F)nn12. The van der Waals surface area contributed by atoms with Crippen molar-refractivity contribution in [3.05, 3.63) is 30.4 Å². The fraction of sp³-hybridized carbons (Fsp3) is 0.478. The number of alkyl halides is 4. The molecule has 2 aliphatic rings. The van der Waals surface area contributed by atoms with Crippen LogP contribution >= 0.6 is 0 Å². The summed E-state index contributed by atoms with van der Waals surface area (Å²) in [6.07, 6.45) is -5.06. The van der Waals surface area contributed by atoms with Crippen LogP contribution < -0.4 is 10.1 Å². The second-order valence-corrected chi connectivity index (χ2v) is 9.20. The first-order valence-electron chi connectivity index (χ1n) is 12.3. The van der Waals surface area contributed by atoms with Crippen molar-refractivity contribution in [2.24, 2.45) is 0 Å². The molecule has 0 saturated carbocycles. The maximum Gasteiger partial charge on any atom is 0.408 e. The van der Waals surface area contributed by atoms with Gasteiger partial charge in [-0.2, -0.15) is 18.2 Å². The Hall–Kier alpha value is -3.52. The zero-order valence-corrected chi connectivity index (χ0v) is 19.7. The first kappa shape index (κ1) is 22.7. The van der Waals surface area contributed by atoms with Gasteiger partial charge in [-0.05, 0) is 30.2 Å². The van der Waals surface area contributed by atoms with E-state index < -0.39 is 24.9 Å². The molecule has 5 heterocycles. The fourth-order valence-electron chi connectivity index (χ4n) is 4.79. The second-order valence-electron chi connectivity index (χ2n) is 9.20. The highest BCUT2D eigenvalue weighted by Gasteiger charge is 2.36. The predicted molar refractivity (Wildman–Crippen MR) is 125 cm³/mol. The summed E-state index contributed by atoms with van der Waals surface area (Å²) in [7, 11) is 1.41. The summed E-state index contributed by atoms with van der Waals surface area (Å²) in [5.74, 6) is 0.249. The third-order valence-corrected chi connectivity index (χ3v) is 6.77. The molecule has 2 fully saturated rings. The van der Waals surface area contributed by atoms with Gasteiger partial charge in [0.25, 0.3) is 0 Å². The van der Waals surface area contributed by atoms with Crippen LogP contribution in [0.1, 0.15) is 7.79 Å². The van der Waals surface area contributed by atoms with Crippen molar-refractivity contribution >= 4 is 22.5 Å². The van der Waals surface area contributed by atoms with Gasteiger partial charge in [0.2, 0.25) is 11.8 Å². The van der Waals surface area contributed by atoms with Crippen LogP contribution in [0.2, 0.25) is 0 Å². The van der Waals surface area contributed by atoms with Gasteiger partial charge in [0.1, 0.15) is 23.7 Å². The monoisotopic (exact) mass is 521 g/mol. The molecule has 1 aromatic carbocycles. The second kappa shape index (κ2) is 9.10. The van der Waals surface area contributed by atoms with Crippen molar-refractivity contribution in [1.29, 1.82) is 0 Å². The number of likely N-dealkylation sites (tertiary alicyclic amines) is 1. The van der Waals surface area contributed by atoms with Gasteiger partial charge in [-0.15, -0.1) is 10.2 Å². The summed E-state index contributed by atoms with van der Waals surface area (Å²) >= 11 is 0. The first-order valence-corrected chi connectivity index (χ1v) is 11.8. The number of nitrogens with one attached hydrogen (secondary N) is 1. The number of methoxy groups -OCH3 is 1. The lowest BCUT2D eigenvalue weighted by atomic mass is 10.0. The number of benzene rings is 1. The fourth-order valence-corrected chi connectivity index (χ4v) is 4.79. The quantitative estimate of drug-likeness (QED) is 0.387. The largest absolute Gasteiger partial charge is 0.479 e. The molecule has 37 heavy (non-hydrogen) atoms. The topological polar surface area (TPSA) is 94.6 Å². The number of anilines is 1. The molecule has 0 spiro atoms. The molecule has 0 unspecified atom stereocenters. The highest BCUT2D eigenvalue weighted by Crippen LogP contribution is 2.33. The van der Waals surface area contributed by atoms with Crippen LogP contribution in [0.3, 0.4) is 0 Å². The first-order chi connectivity index (χ1) is 18.2. The van der Waals surface area contributed by atoms with Gasteiger partial charge >= 0.3 is 6.18 Å². The van der Waals surface area contributed by atoms with Crippen molar-refractivity contribution in [1.82, 2.24) is 34.5 Å². The molecule has 0 amide bonds. The lowest BCUT2D eigenvalue weighted by Crippen LogP contribution is -2.57.